The Bertz CT molecular complexity index is 283. The van der Waals surface area contributed by atoms with Crippen molar-refractivity contribution >= 4 is 11.9 Å². The monoisotopic (exact) mass is 254 g/mol. The van der Waals surface area contributed by atoms with Crippen LogP contribution >= 0.6 is 0 Å². The fourth-order valence-corrected chi connectivity index (χ4v) is 0.961. The van der Waals surface area contributed by atoms with Gasteiger partial charge in [0.2, 0.25) is 0 Å². The molecule has 0 aliphatic carbocycles. The van der Waals surface area contributed by atoms with E-state index in [1.54, 1.807) is 0 Å². The van der Waals surface area contributed by atoms with Gasteiger partial charge in [0.1, 0.15) is 0 Å². The van der Waals surface area contributed by atoms with E-state index < -0.39 is 11.9 Å². The predicted octanol–water partition coefficient (Wildman–Crippen LogP) is 2.31. The molecular weight excluding hydrogens is 236 g/mol. The normalized spacial score (nSPS) is 8.33. The van der Waals surface area contributed by atoms with E-state index in [0.29, 0.717) is 25.7 Å². The Kier molecular flexibility index (Phi) is 15.2. The highest BCUT2D eigenvalue weighted by Crippen LogP contribution is 1.98. The van der Waals surface area contributed by atoms with Gasteiger partial charge in [0.05, 0.1) is 12.1 Å². The zero-order chi connectivity index (χ0) is 14.2. The van der Waals surface area contributed by atoms with Gasteiger partial charge in [0.25, 0.3) is 0 Å². The van der Waals surface area contributed by atoms with Gasteiger partial charge in [-0.15, -0.1) is 0 Å². The van der Waals surface area contributed by atoms with Crippen LogP contribution in [0.15, 0.2) is 0 Å². The summed E-state index contributed by atoms with van der Waals surface area (Å²) in [5.41, 5.74) is 0. The largest absolute Gasteiger partial charge is 0.481 e. The molecule has 0 saturated heterocycles. The molecule has 0 spiro atoms. The van der Waals surface area contributed by atoms with Crippen LogP contribution in [0, 0.1) is 22.7 Å². The maximum atomic E-state index is 9.90. The first-order valence-electron chi connectivity index (χ1n) is 5.72. The highest BCUT2D eigenvalue weighted by molar-refractivity contribution is 5.67. The Hall–Kier alpha value is -2.08. The highest BCUT2D eigenvalue weighted by Gasteiger charge is 1.99. The number of aliphatic carboxylic acids is 2. The number of carboxylic acid groups (broad SMARTS) is 2. The molecule has 0 aromatic rings. The molecule has 0 saturated carbocycles. The Balaban J connectivity index is 0. The van der Waals surface area contributed by atoms with Crippen molar-refractivity contribution in [1.82, 2.24) is 0 Å². The molecule has 0 aromatic carbocycles. The number of nitriles is 2. The zero-order valence-electron chi connectivity index (χ0n) is 10.3. The second kappa shape index (κ2) is 14.9. The molecule has 0 amide bonds. The average molecular weight is 254 g/mol. The fourth-order valence-electron chi connectivity index (χ4n) is 0.961. The molecule has 0 bridgehead atoms. The minimum atomic E-state index is -0.870. The van der Waals surface area contributed by atoms with Crippen LogP contribution in [0.2, 0.25) is 0 Å². The number of rotatable bonds is 8. The summed E-state index contributed by atoms with van der Waals surface area (Å²) in [5.74, 6) is -1.74. The molecule has 0 atom stereocenters. The number of nitrogens with zero attached hydrogens (tertiary/aromatic N) is 2. The van der Waals surface area contributed by atoms with Gasteiger partial charge < -0.3 is 10.2 Å². The molecule has 0 rings (SSSR count). The van der Waals surface area contributed by atoms with Gasteiger partial charge in [-0.3, -0.25) is 9.59 Å². The first-order valence-corrected chi connectivity index (χ1v) is 5.72. The van der Waals surface area contributed by atoms with Gasteiger partial charge in [-0.2, -0.15) is 10.5 Å². The van der Waals surface area contributed by atoms with Crippen molar-refractivity contribution in [1.29, 1.82) is 10.5 Å². The number of unbranched alkanes of at least 4 members (excludes halogenated alkanes) is 4. The van der Waals surface area contributed by atoms with Crippen LogP contribution in [0.3, 0.4) is 0 Å². The summed E-state index contributed by atoms with van der Waals surface area (Å²) in [5, 5.41) is 32.3. The molecule has 0 aromatic heterocycles. The molecule has 0 fully saturated rings. The zero-order valence-corrected chi connectivity index (χ0v) is 10.3. The molecule has 0 aliphatic rings. The average Bonchev–Trinajstić information content (AvgIpc) is 2.31. The van der Waals surface area contributed by atoms with Crippen LogP contribution in [0.4, 0.5) is 0 Å². The molecule has 6 heteroatoms. The van der Waals surface area contributed by atoms with Crippen LogP contribution in [-0.4, -0.2) is 22.2 Å². The van der Waals surface area contributed by atoms with Crippen LogP contribution in [0.5, 0.6) is 0 Å². The molecule has 2 N–H and O–H groups in total. The third-order valence-electron chi connectivity index (χ3n) is 1.86. The van der Waals surface area contributed by atoms with E-state index in [1.165, 1.54) is 0 Å². The lowest BCUT2D eigenvalue weighted by atomic mass is 10.2. The number of hydrogen-bond acceptors (Lipinski definition) is 4. The number of hydrogen-bond donors (Lipinski definition) is 2. The van der Waals surface area contributed by atoms with E-state index in [9.17, 15) is 9.59 Å². The van der Waals surface area contributed by atoms with Crippen LogP contribution in [-0.2, 0) is 9.59 Å². The second-order valence-corrected chi connectivity index (χ2v) is 3.52. The Labute approximate surface area is 106 Å². The van der Waals surface area contributed by atoms with Gasteiger partial charge in [0.15, 0.2) is 0 Å². The van der Waals surface area contributed by atoms with Crippen LogP contribution in [0.1, 0.15) is 51.4 Å². The first kappa shape index (κ1) is 18.3. The minimum Gasteiger partial charge on any atom is -0.481 e. The van der Waals surface area contributed by atoms with Gasteiger partial charge in [-0.05, 0) is 25.7 Å². The van der Waals surface area contributed by atoms with Gasteiger partial charge >= 0.3 is 11.9 Å². The lowest BCUT2D eigenvalue weighted by molar-refractivity contribution is -0.139. The summed E-state index contributed by atoms with van der Waals surface area (Å²) in [6.45, 7) is 0. The molecule has 18 heavy (non-hydrogen) atoms. The van der Waals surface area contributed by atoms with Crippen molar-refractivity contribution in [3.8, 4) is 12.1 Å². The molecule has 6 nitrogen and oxygen atoms in total. The van der Waals surface area contributed by atoms with Gasteiger partial charge in [0, 0.05) is 25.7 Å². The second-order valence-electron chi connectivity index (χ2n) is 3.52. The summed E-state index contributed by atoms with van der Waals surface area (Å²) in [4.78, 5) is 19.8. The summed E-state index contributed by atoms with van der Waals surface area (Å²) >= 11 is 0. The van der Waals surface area contributed by atoms with Crippen LogP contribution in [0.25, 0.3) is 0 Å². The van der Waals surface area contributed by atoms with E-state index in [2.05, 4.69) is 0 Å². The maximum Gasteiger partial charge on any atom is 0.303 e. The smallest absolute Gasteiger partial charge is 0.303 e. The summed E-state index contributed by atoms with van der Waals surface area (Å²) < 4.78 is 0. The van der Waals surface area contributed by atoms with Gasteiger partial charge in [-0.25, -0.2) is 0 Å². The van der Waals surface area contributed by atoms with Crippen molar-refractivity contribution in [2.45, 2.75) is 51.4 Å². The molecule has 0 unspecified atom stereocenters. The Morgan fingerprint density at radius 2 is 1.11 bits per heavy atom. The molecule has 0 aliphatic heterocycles. The van der Waals surface area contributed by atoms with Crippen molar-refractivity contribution in [2.75, 3.05) is 0 Å². The summed E-state index contributed by atoms with van der Waals surface area (Å²) in [6.07, 6.45) is 3.92. The number of carboxylic acids is 2. The minimum absolute atomic E-state index is 0.0628. The molecule has 100 valence electrons. The van der Waals surface area contributed by atoms with Crippen LogP contribution < -0.4 is 0 Å². The van der Waals surface area contributed by atoms with Gasteiger partial charge in [-0.1, -0.05) is 0 Å². The third-order valence-corrected chi connectivity index (χ3v) is 1.86. The SMILES string of the molecule is N#CCCCCC#N.O=C(O)CCCCC(=O)O. The topological polar surface area (TPSA) is 122 Å². The lowest BCUT2D eigenvalue weighted by Gasteiger charge is -1.92. The first-order chi connectivity index (χ1) is 8.54. The predicted molar refractivity (Wildman–Crippen MR) is 63.4 cm³/mol. The van der Waals surface area contributed by atoms with E-state index in [4.69, 9.17) is 20.7 Å². The molecular formula is C12H18N2O4. The Morgan fingerprint density at radius 1 is 0.778 bits per heavy atom. The summed E-state index contributed by atoms with van der Waals surface area (Å²) in [7, 11) is 0. The number of carbonyl (C=O) groups is 2. The standard InChI is InChI=1S/C6H8N2.C6H10O4/c7-5-3-1-2-4-6-8;7-5(8)3-1-2-4-6(9)10/h1-4H2;1-4H2,(H,7,8)(H,9,10). The molecule has 0 heterocycles. The van der Waals surface area contributed by atoms with E-state index >= 15 is 0 Å². The van der Waals surface area contributed by atoms with Crippen molar-refractivity contribution < 1.29 is 19.8 Å². The fraction of sp³-hybridized carbons (Fsp3) is 0.667. The van der Waals surface area contributed by atoms with E-state index in [-0.39, 0.29) is 12.8 Å². The highest BCUT2D eigenvalue weighted by atomic mass is 16.4. The molecule has 0 radical (unpaired) electrons. The van der Waals surface area contributed by atoms with Crippen molar-refractivity contribution in [2.24, 2.45) is 0 Å². The van der Waals surface area contributed by atoms with Crippen molar-refractivity contribution in [3.05, 3.63) is 0 Å². The van der Waals surface area contributed by atoms with E-state index in [0.717, 1.165) is 12.8 Å². The third kappa shape index (κ3) is 23.6. The van der Waals surface area contributed by atoms with Crippen molar-refractivity contribution in [3.63, 3.8) is 0 Å². The quantitative estimate of drug-likeness (QED) is 0.641. The van der Waals surface area contributed by atoms with E-state index in [1.807, 2.05) is 12.1 Å². The maximum absolute atomic E-state index is 9.90. The summed E-state index contributed by atoms with van der Waals surface area (Å²) in [6, 6.07) is 4.03. The Morgan fingerprint density at radius 3 is 1.33 bits per heavy atom. The lowest BCUT2D eigenvalue weighted by Crippen LogP contribution is -1.97.